The molecule has 0 unspecified atom stereocenters. The Hall–Kier alpha value is -3.77. The number of aromatic amines is 1. The first kappa shape index (κ1) is 24.4. The number of carbonyl (C=O) groups is 1. The number of aromatic nitrogens is 1. The topological polar surface area (TPSA) is 53.1 Å². The number of halogens is 4. The molecule has 1 heterocycles. The van der Waals surface area contributed by atoms with Gasteiger partial charge in [0.1, 0.15) is 0 Å². The van der Waals surface area contributed by atoms with E-state index >= 15 is 0 Å². The Bertz CT molecular complexity index is 1450. The van der Waals surface area contributed by atoms with Crippen LogP contribution in [0.5, 0.6) is 0 Å². The van der Waals surface area contributed by atoms with E-state index in [9.17, 15) is 18.0 Å². The highest BCUT2D eigenvalue weighted by Crippen LogP contribution is 2.43. The van der Waals surface area contributed by atoms with Crippen molar-refractivity contribution in [3.63, 3.8) is 0 Å². The van der Waals surface area contributed by atoms with Gasteiger partial charge in [0.15, 0.2) is 0 Å². The Morgan fingerprint density at radius 1 is 1.00 bits per heavy atom. The SMILES string of the molecule is CC/C(=C(/c1ccc(/C=C/C(=O)O)cc1)c1[nH]c2ccccc2c1Cl)c1ccccc1C(F)(F)F. The van der Waals surface area contributed by atoms with Gasteiger partial charge in [0, 0.05) is 22.6 Å². The van der Waals surface area contributed by atoms with E-state index < -0.39 is 17.7 Å². The van der Waals surface area contributed by atoms with Crippen LogP contribution in [0.1, 0.15) is 41.3 Å². The molecule has 0 radical (unpaired) electrons. The molecule has 0 bridgehead atoms. The number of H-pyrrole nitrogens is 1. The quantitative estimate of drug-likeness (QED) is 0.209. The molecule has 3 aromatic carbocycles. The lowest BCUT2D eigenvalue weighted by molar-refractivity contribution is -0.137. The van der Waals surface area contributed by atoms with Crippen LogP contribution >= 0.6 is 11.6 Å². The van der Waals surface area contributed by atoms with Gasteiger partial charge < -0.3 is 10.1 Å². The number of hydrogen-bond acceptors (Lipinski definition) is 1. The van der Waals surface area contributed by atoms with Crippen molar-refractivity contribution in [2.24, 2.45) is 0 Å². The third kappa shape index (κ3) is 5.03. The van der Waals surface area contributed by atoms with Crippen LogP contribution < -0.4 is 0 Å². The Labute approximate surface area is 205 Å². The van der Waals surface area contributed by atoms with Crippen LogP contribution in [0.3, 0.4) is 0 Å². The maximum absolute atomic E-state index is 14.0. The van der Waals surface area contributed by atoms with Crippen molar-refractivity contribution >= 4 is 45.7 Å². The highest BCUT2D eigenvalue weighted by Gasteiger charge is 2.34. The lowest BCUT2D eigenvalue weighted by Gasteiger charge is -2.19. The zero-order valence-corrected chi connectivity index (χ0v) is 19.4. The number of para-hydroxylation sites is 1. The molecule has 0 fully saturated rings. The summed E-state index contributed by atoms with van der Waals surface area (Å²) in [5.74, 6) is -1.07. The van der Waals surface area contributed by atoms with E-state index in [1.807, 2.05) is 31.2 Å². The summed E-state index contributed by atoms with van der Waals surface area (Å²) in [4.78, 5) is 14.1. The van der Waals surface area contributed by atoms with Gasteiger partial charge in [0.05, 0.1) is 16.3 Å². The maximum Gasteiger partial charge on any atom is 0.416 e. The molecule has 178 valence electrons. The lowest BCUT2D eigenvalue weighted by atomic mass is 9.88. The molecule has 2 N–H and O–H groups in total. The largest absolute Gasteiger partial charge is 0.478 e. The summed E-state index contributed by atoms with van der Waals surface area (Å²) in [7, 11) is 0. The van der Waals surface area contributed by atoms with Crippen molar-refractivity contribution in [2.45, 2.75) is 19.5 Å². The van der Waals surface area contributed by atoms with Crippen LogP contribution in [0.4, 0.5) is 13.2 Å². The van der Waals surface area contributed by atoms with E-state index in [0.29, 0.717) is 39.4 Å². The fourth-order valence-corrected chi connectivity index (χ4v) is 4.48. The second kappa shape index (κ2) is 9.84. The summed E-state index contributed by atoms with van der Waals surface area (Å²) < 4.78 is 41.9. The standard InChI is InChI=1S/C28H21ClF3NO2/c1-2-19(20-7-3-5-9-22(20)28(30,31)32)25(18-14-11-17(12-15-18)13-16-24(34)35)27-26(29)21-8-4-6-10-23(21)33-27/h3-16,33H,2H2,1H3,(H,34,35)/b16-13+,25-19+. The molecule has 0 aliphatic carbocycles. The van der Waals surface area contributed by atoms with Crippen LogP contribution in [0.15, 0.2) is 78.9 Å². The minimum absolute atomic E-state index is 0.0853. The number of fused-ring (bicyclic) bond motifs is 1. The average Bonchev–Trinajstić information content (AvgIpc) is 3.17. The van der Waals surface area contributed by atoms with Gasteiger partial charge >= 0.3 is 12.1 Å². The number of allylic oxidation sites excluding steroid dienone is 1. The van der Waals surface area contributed by atoms with E-state index in [1.165, 1.54) is 18.2 Å². The van der Waals surface area contributed by atoms with Crippen molar-refractivity contribution < 1.29 is 23.1 Å². The van der Waals surface area contributed by atoms with Gasteiger partial charge in [-0.25, -0.2) is 4.79 Å². The summed E-state index contributed by atoms with van der Waals surface area (Å²) >= 11 is 6.77. The van der Waals surface area contributed by atoms with Crippen molar-refractivity contribution in [3.05, 3.63) is 112 Å². The molecular formula is C28H21ClF3NO2. The van der Waals surface area contributed by atoms with E-state index in [4.69, 9.17) is 16.7 Å². The highest BCUT2D eigenvalue weighted by atomic mass is 35.5. The Balaban J connectivity index is 2.02. The number of hydrogen-bond donors (Lipinski definition) is 2. The number of carboxylic acids is 1. The molecular weight excluding hydrogens is 475 g/mol. The molecule has 35 heavy (non-hydrogen) atoms. The van der Waals surface area contributed by atoms with Crippen molar-refractivity contribution in [1.82, 2.24) is 4.98 Å². The van der Waals surface area contributed by atoms with Gasteiger partial charge in [0.25, 0.3) is 0 Å². The minimum Gasteiger partial charge on any atom is -0.478 e. The summed E-state index contributed by atoms with van der Waals surface area (Å²) in [6.45, 7) is 1.81. The molecule has 0 amide bonds. The molecule has 0 saturated heterocycles. The predicted octanol–water partition coefficient (Wildman–Crippen LogP) is 8.31. The summed E-state index contributed by atoms with van der Waals surface area (Å²) in [5.41, 5.74) is 3.00. The molecule has 7 heteroatoms. The first-order valence-corrected chi connectivity index (χ1v) is 11.3. The first-order chi connectivity index (χ1) is 16.7. The molecule has 0 aliphatic heterocycles. The van der Waals surface area contributed by atoms with Gasteiger partial charge in [-0.15, -0.1) is 0 Å². The fourth-order valence-electron chi connectivity index (χ4n) is 4.17. The monoisotopic (exact) mass is 495 g/mol. The normalized spacial score (nSPS) is 12.8. The second-order valence-corrected chi connectivity index (χ2v) is 8.28. The number of aliphatic carboxylic acids is 1. The van der Waals surface area contributed by atoms with Gasteiger partial charge in [-0.2, -0.15) is 13.2 Å². The highest BCUT2D eigenvalue weighted by molar-refractivity contribution is 6.38. The van der Waals surface area contributed by atoms with Crippen LogP contribution in [-0.2, 0) is 11.0 Å². The third-order valence-corrected chi connectivity index (χ3v) is 6.12. The molecule has 3 nitrogen and oxygen atoms in total. The predicted molar refractivity (Wildman–Crippen MR) is 134 cm³/mol. The van der Waals surface area contributed by atoms with Crippen LogP contribution in [0, 0.1) is 0 Å². The molecule has 4 rings (SSSR count). The number of carboxylic acid groups (broad SMARTS) is 1. The summed E-state index contributed by atoms with van der Waals surface area (Å²) in [5, 5.41) is 10.1. The van der Waals surface area contributed by atoms with Gasteiger partial charge in [0.2, 0.25) is 0 Å². The molecule has 1 aromatic heterocycles. The van der Waals surface area contributed by atoms with Crippen LogP contribution in [-0.4, -0.2) is 16.1 Å². The summed E-state index contributed by atoms with van der Waals surface area (Å²) in [6, 6.07) is 19.9. The van der Waals surface area contributed by atoms with Crippen molar-refractivity contribution in [2.75, 3.05) is 0 Å². The van der Waals surface area contributed by atoms with Crippen LogP contribution in [0.25, 0.3) is 28.1 Å². The van der Waals surface area contributed by atoms with E-state index in [0.717, 1.165) is 23.0 Å². The van der Waals surface area contributed by atoms with Crippen molar-refractivity contribution in [3.8, 4) is 0 Å². The Morgan fingerprint density at radius 3 is 2.29 bits per heavy atom. The Morgan fingerprint density at radius 2 is 1.66 bits per heavy atom. The van der Waals surface area contributed by atoms with E-state index in [1.54, 1.807) is 30.3 Å². The minimum atomic E-state index is -4.53. The zero-order chi connectivity index (χ0) is 25.2. The maximum atomic E-state index is 14.0. The lowest BCUT2D eigenvalue weighted by Crippen LogP contribution is -2.09. The average molecular weight is 496 g/mol. The second-order valence-electron chi connectivity index (χ2n) is 7.90. The first-order valence-electron chi connectivity index (χ1n) is 10.9. The Kier molecular flexibility index (Phi) is 6.85. The number of alkyl halides is 3. The molecule has 4 aromatic rings. The van der Waals surface area contributed by atoms with Crippen molar-refractivity contribution in [1.29, 1.82) is 0 Å². The fraction of sp³-hybridized carbons (Fsp3) is 0.107. The van der Waals surface area contributed by atoms with Gasteiger partial charge in [-0.05, 0) is 46.9 Å². The molecule has 0 saturated carbocycles. The summed E-state index contributed by atoms with van der Waals surface area (Å²) in [6.07, 6.45) is -1.74. The number of nitrogens with one attached hydrogen (secondary N) is 1. The van der Waals surface area contributed by atoms with E-state index in [2.05, 4.69) is 4.98 Å². The van der Waals surface area contributed by atoms with Gasteiger partial charge in [-0.1, -0.05) is 79.2 Å². The molecule has 0 aliphatic rings. The molecule has 0 atom stereocenters. The van der Waals surface area contributed by atoms with E-state index in [-0.39, 0.29) is 5.56 Å². The zero-order valence-electron chi connectivity index (χ0n) is 18.7. The number of rotatable bonds is 6. The number of benzene rings is 3. The van der Waals surface area contributed by atoms with Gasteiger partial charge in [-0.3, -0.25) is 0 Å². The third-order valence-electron chi connectivity index (χ3n) is 5.72. The molecule has 0 spiro atoms. The smallest absolute Gasteiger partial charge is 0.416 e. The van der Waals surface area contributed by atoms with Crippen LogP contribution in [0.2, 0.25) is 5.02 Å².